The first-order valence-electron chi connectivity index (χ1n) is 6.13. The molecule has 0 spiro atoms. The third-order valence-electron chi connectivity index (χ3n) is 2.88. The number of nitrogens with zero attached hydrogens (tertiary/aromatic N) is 1. The topological polar surface area (TPSA) is 56.3 Å². The molecule has 0 saturated heterocycles. The fourth-order valence-electron chi connectivity index (χ4n) is 1.87. The lowest BCUT2D eigenvalue weighted by Gasteiger charge is -2.18. The first-order valence-corrected chi connectivity index (χ1v) is 6.13. The maximum Gasteiger partial charge on any atom is 0.308 e. The predicted molar refractivity (Wildman–Crippen MR) is 68.1 cm³/mol. The van der Waals surface area contributed by atoms with E-state index in [0.717, 1.165) is 5.56 Å². The molecule has 98 valence electrons. The van der Waals surface area contributed by atoms with Crippen LogP contribution >= 0.6 is 0 Å². The van der Waals surface area contributed by atoms with Crippen molar-refractivity contribution in [3.05, 3.63) is 30.1 Å². The van der Waals surface area contributed by atoms with Crippen molar-refractivity contribution in [2.24, 2.45) is 5.92 Å². The van der Waals surface area contributed by atoms with E-state index in [-0.39, 0.29) is 23.6 Å². The number of hydrogen-bond donors (Lipinski definition) is 0. The summed E-state index contributed by atoms with van der Waals surface area (Å²) in [5, 5.41) is 0. The summed E-state index contributed by atoms with van der Waals surface area (Å²) in [6.45, 7) is 5.47. The third-order valence-corrected chi connectivity index (χ3v) is 2.88. The molecule has 1 aromatic heterocycles. The van der Waals surface area contributed by atoms with Gasteiger partial charge in [-0.05, 0) is 38.0 Å². The van der Waals surface area contributed by atoms with Crippen molar-refractivity contribution in [3.63, 3.8) is 0 Å². The number of rotatable bonds is 6. The second-order valence-electron chi connectivity index (χ2n) is 4.33. The zero-order chi connectivity index (χ0) is 13.5. The molecule has 0 fully saturated rings. The van der Waals surface area contributed by atoms with Crippen molar-refractivity contribution >= 4 is 11.8 Å². The molecule has 0 bridgehead atoms. The van der Waals surface area contributed by atoms with Gasteiger partial charge in [0.05, 0.1) is 12.5 Å². The van der Waals surface area contributed by atoms with Gasteiger partial charge in [0.1, 0.15) is 5.78 Å². The monoisotopic (exact) mass is 249 g/mol. The second-order valence-corrected chi connectivity index (χ2v) is 4.33. The third kappa shape index (κ3) is 3.95. The lowest BCUT2D eigenvalue weighted by molar-refractivity contribution is -0.147. The van der Waals surface area contributed by atoms with Crippen LogP contribution in [0.2, 0.25) is 0 Å². The molecular formula is C14H19NO3. The smallest absolute Gasteiger partial charge is 0.308 e. The molecule has 1 heterocycles. The molecule has 0 saturated carbocycles. The van der Waals surface area contributed by atoms with E-state index in [1.165, 1.54) is 0 Å². The van der Waals surface area contributed by atoms with Gasteiger partial charge in [-0.1, -0.05) is 6.92 Å². The molecular weight excluding hydrogens is 230 g/mol. The first-order chi connectivity index (χ1) is 8.56. The Kier molecular flexibility index (Phi) is 5.49. The second kappa shape index (κ2) is 6.89. The lowest BCUT2D eigenvalue weighted by Crippen LogP contribution is -2.20. The van der Waals surface area contributed by atoms with Crippen molar-refractivity contribution in [3.8, 4) is 0 Å². The van der Waals surface area contributed by atoms with Crippen molar-refractivity contribution in [2.45, 2.75) is 33.1 Å². The molecule has 18 heavy (non-hydrogen) atoms. The highest BCUT2D eigenvalue weighted by molar-refractivity contribution is 5.84. The number of aromatic nitrogens is 1. The minimum absolute atomic E-state index is 0.0531. The number of pyridine rings is 1. The number of ketones is 1. The molecule has 1 aromatic rings. The van der Waals surface area contributed by atoms with Crippen LogP contribution in [-0.4, -0.2) is 23.3 Å². The highest BCUT2D eigenvalue weighted by Crippen LogP contribution is 2.25. The Morgan fingerprint density at radius 1 is 1.33 bits per heavy atom. The molecule has 2 unspecified atom stereocenters. The number of hydrogen-bond acceptors (Lipinski definition) is 4. The van der Waals surface area contributed by atoms with Crippen LogP contribution in [0.15, 0.2) is 24.5 Å². The Labute approximate surface area is 107 Å². The quantitative estimate of drug-likeness (QED) is 0.726. The summed E-state index contributed by atoms with van der Waals surface area (Å²) in [6, 6.07) is 3.62. The fraction of sp³-hybridized carbons (Fsp3) is 0.500. The van der Waals surface area contributed by atoms with Crippen LogP contribution in [0.1, 0.15) is 38.7 Å². The molecule has 0 aliphatic rings. The Hall–Kier alpha value is -1.71. The van der Waals surface area contributed by atoms with Crippen LogP contribution in [0.5, 0.6) is 0 Å². The zero-order valence-corrected chi connectivity index (χ0v) is 11.1. The fourth-order valence-corrected chi connectivity index (χ4v) is 1.87. The molecule has 0 radical (unpaired) electrons. The molecule has 0 aliphatic carbocycles. The highest BCUT2D eigenvalue weighted by atomic mass is 16.5. The van der Waals surface area contributed by atoms with E-state index in [1.54, 1.807) is 33.2 Å². The van der Waals surface area contributed by atoms with E-state index < -0.39 is 0 Å². The van der Waals surface area contributed by atoms with E-state index in [0.29, 0.717) is 13.0 Å². The van der Waals surface area contributed by atoms with E-state index >= 15 is 0 Å². The Balaban J connectivity index is 2.76. The van der Waals surface area contributed by atoms with Crippen LogP contribution in [0.4, 0.5) is 0 Å². The van der Waals surface area contributed by atoms with Crippen molar-refractivity contribution in [1.82, 2.24) is 4.98 Å². The van der Waals surface area contributed by atoms with Gasteiger partial charge in [-0.3, -0.25) is 14.6 Å². The van der Waals surface area contributed by atoms with Gasteiger partial charge < -0.3 is 4.74 Å². The van der Waals surface area contributed by atoms with Gasteiger partial charge >= 0.3 is 5.97 Å². The summed E-state index contributed by atoms with van der Waals surface area (Å²) in [4.78, 5) is 27.2. The Morgan fingerprint density at radius 2 is 1.94 bits per heavy atom. The van der Waals surface area contributed by atoms with Crippen LogP contribution in [0.3, 0.4) is 0 Å². The molecule has 0 aromatic carbocycles. The maximum absolute atomic E-state index is 11.7. The SMILES string of the molecule is CCOC(=O)C(C)CC(C(C)=O)c1ccncc1. The average molecular weight is 249 g/mol. The van der Waals surface area contributed by atoms with Gasteiger partial charge in [0.2, 0.25) is 0 Å². The summed E-state index contributed by atoms with van der Waals surface area (Å²) in [5.74, 6) is -0.755. The summed E-state index contributed by atoms with van der Waals surface area (Å²) in [5.41, 5.74) is 0.897. The van der Waals surface area contributed by atoms with Crippen LogP contribution in [-0.2, 0) is 14.3 Å². The molecule has 0 aliphatic heterocycles. The first kappa shape index (κ1) is 14.4. The summed E-state index contributed by atoms with van der Waals surface area (Å²) in [7, 11) is 0. The van der Waals surface area contributed by atoms with Crippen molar-refractivity contribution < 1.29 is 14.3 Å². The van der Waals surface area contributed by atoms with Crippen LogP contribution in [0, 0.1) is 5.92 Å². The van der Waals surface area contributed by atoms with Gasteiger partial charge in [0.15, 0.2) is 0 Å². The number of Topliss-reactive ketones (excluding diaryl/α,β-unsaturated/α-hetero) is 1. The van der Waals surface area contributed by atoms with Gasteiger partial charge in [-0.2, -0.15) is 0 Å². The van der Waals surface area contributed by atoms with E-state index in [2.05, 4.69) is 4.98 Å². The van der Waals surface area contributed by atoms with E-state index in [1.807, 2.05) is 12.1 Å². The maximum atomic E-state index is 11.7. The zero-order valence-electron chi connectivity index (χ0n) is 11.1. The van der Waals surface area contributed by atoms with Gasteiger partial charge in [0.25, 0.3) is 0 Å². The Bertz CT molecular complexity index is 403. The molecule has 0 amide bonds. The number of ether oxygens (including phenoxy) is 1. The van der Waals surface area contributed by atoms with Crippen molar-refractivity contribution in [2.75, 3.05) is 6.61 Å². The minimum atomic E-state index is -0.285. The Morgan fingerprint density at radius 3 is 2.44 bits per heavy atom. The number of esters is 1. The molecule has 0 N–H and O–H groups in total. The molecule has 2 atom stereocenters. The summed E-state index contributed by atoms with van der Waals surface area (Å²) in [6.07, 6.45) is 3.78. The van der Waals surface area contributed by atoms with Gasteiger partial charge in [-0.25, -0.2) is 0 Å². The average Bonchev–Trinajstić information content (AvgIpc) is 2.36. The minimum Gasteiger partial charge on any atom is -0.466 e. The molecule has 1 rings (SSSR count). The molecule has 4 nitrogen and oxygen atoms in total. The highest BCUT2D eigenvalue weighted by Gasteiger charge is 2.24. The molecule has 4 heteroatoms. The van der Waals surface area contributed by atoms with E-state index in [4.69, 9.17) is 4.74 Å². The van der Waals surface area contributed by atoms with E-state index in [9.17, 15) is 9.59 Å². The number of carbonyl (C=O) groups is 2. The predicted octanol–water partition coefficient (Wildman–Crippen LogP) is 2.34. The van der Waals surface area contributed by atoms with Crippen LogP contribution in [0.25, 0.3) is 0 Å². The normalized spacial score (nSPS) is 13.7. The van der Waals surface area contributed by atoms with Gasteiger partial charge in [-0.15, -0.1) is 0 Å². The van der Waals surface area contributed by atoms with Crippen molar-refractivity contribution in [1.29, 1.82) is 0 Å². The summed E-state index contributed by atoms with van der Waals surface area (Å²) >= 11 is 0. The number of carbonyl (C=O) groups excluding carboxylic acids is 2. The lowest BCUT2D eigenvalue weighted by atomic mass is 9.87. The van der Waals surface area contributed by atoms with Gasteiger partial charge in [0, 0.05) is 18.3 Å². The largest absolute Gasteiger partial charge is 0.466 e. The summed E-state index contributed by atoms with van der Waals surface area (Å²) < 4.78 is 4.96. The standard InChI is InChI=1S/C14H19NO3/c1-4-18-14(17)10(2)9-13(11(3)16)12-5-7-15-8-6-12/h5-8,10,13H,4,9H2,1-3H3. The van der Waals surface area contributed by atoms with Crippen LogP contribution < -0.4 is 0 Å².